The Morgan fingerprint density at radius 3 is 2.46 bits per heavy atom. The Morgan fingerprint density at radius 2 is 1.81 bits per heavy atom. The van der Waals surface area contributed by atoms with Crippen molar-refractivity contribution in [3.05, 3.63) is 70.3 Å². The van der Waals surface area contributed by atoms with Gasteiger partial charge in [-0.1, -0.05) is 23.8 Å². The summed E-state index contributed by atoms with van der Waals surface area (Å²) in [5, 5.41) is 9.48. The second kappa shape index (κ2) is 7.06. The van der Waals surface area contributed by atoms with Crippen molar-refractivity contribution in [2.24, 2.45) is 0 Å². The van der Waals surface area contributed by atoms with Crippen molar-refractivity contribution in [3.8, 4) is 17.4 Å². The van der Waals surface area contributed by atoms with E-state index in [-0.39, 0.29) is 17.1 Å². The first-order valence-electron chi connectivity index (χ1n) is 7.68. The minimum atomic E-state index is -3.86. The van der Waals surface area contributed by atoms with Gasteiger partial charge in [-0.15, -0.1) is 0 Å². The van der Waals surface area contributed by atoms with Crippen LogP contribution >= 0.6 is 0 Å². The molecule has 2 aromatic carbocycles. The molecule has 26 heavy (non-hydrogen) atoms. The van der Waals surface area contributed by atoms with Gasteiger partial charge in [-0.2, -0.15) is 0 Å². The summed E-state index contributed by atoms with van der Waals surface area (Å²) in [5.41, 5.74) is 0.514. The van der Waals surface area contributed by atoms with Crippen LogP contribution in [-0.2, 0) is 16.6 Å². The van der Waals surface area contributed by atoms with Crippen molar-refractivity contribution in [3.63, 3.8) is 0 Å². The molecule has 0 amide bonds. The number of benzene rings is 2. The van der Waals surface area contributed by atoms with Crippen LogP contribution in [0, 0.1) is 6.92 Å². The number of imidazole rings is 1. The van der Waals surface area contributed by atoms with E-state index in [1.54, 1.807) is 24.3 Å². The Bertz CT molecular complexity index is 1070. The number of aromatic nitrogens is 2. The van der Waals surface area contributed by atoms with Gasteiger partial charge in [0.15, 0.2) is 0 Å². The number of hydrogen-bond donors (Lipinski definition) is 4. The number of hydrogen-bond acceptors (Lipinski definition) is 5. The van der Waals surface area contributed by atoms with E-state index in [2.05, 4.69) is 14.7 Å². The molecule has 3 aromatic rings. The van der Waals surface area contributed by atoms with Crippen LogP contribution in [0.5, 0.6) is 17.4 Å². The minimum absolute atomic E-state index is 0.000478. The van der Waals surface area contributed by atoms with Gasteiger partial charge in [-0.25, -0.2) is 17.9 Å². The standard InChI is InChI=1S/C17H17N3O5S/c1-11-5-7-12(8-6-11)25-13-3-2-4-14(9-13)26(23,24)18-10-15-16(21)20-17(22)19-15/h2-9,18,21H,10H2,1H3,(H2,19,20,22). The van der Waals surface area contributed by atoms with Crippen LogP contribution < -0.4 is 15.1 Å². The van der Waals surface area contributed by atoms with Crippen molar-refractivity contribution in [2.75, 3.05) is 0 Å². The summed E-state index contributed by atoms with van der Waals surface area (Å²) >= 11 is 0. The zero-order chi connectivity index (χ0) is 18.7. The van der Waals surface area contributed by atoms with Crippen molar-refractivity contribution >= 4 is 10.0 Å². The lowest BCUT2D eigenvalue weighted by Gasteiger charge is -2.09. The minimum Gasteiger partial charge on any atom is -0.493 e. The maximum absolute atomic E-state index is 12.4. The van der Waals surface area contributed by atoms with E-state index in [1.165, 1.54) is 12.1 Å². The van der Waals surface area contributed by atoms with Crippen LogP contribution in [0.4, 0.5) is 0 Å². The maximum Gasteiger partial charge on any atom is 0.326 e. The summed E-state index contributed by atoms with van der Waals surface area (Å²) in [6, 6.07) is 13.4. The van der Waals surface area contributed by atoms with E-state index in [0.29, 0.717) is 11.5 Å². The molecule has 0 aliphatic heterocycles. The summed E-state index contributed by atoms with van der Waals surface area (Å²) in [6.07, 6.45) is 0. The van der Waals surface area contributed by atoms with E-state index in [9.17, 15) is 18.3 Å². The fourth-order valence-corrected chi connectivity index (χ4v) is 3.27. The highest BCUT2D eigenvalue weighted by atomic mass is 32.2. The van der Waals surface area contributed by atoms with Gasteiger partial charge in [-0.05, 0) is 31.2 Å². The molecule has 0 aliphatic carbocycles. The molecule has 3 rings (SSSR count). The van der Waals surface area contributed by atoms with Gasteiger partial charge in [0.25, 0.3) is 0 Å². The molecule has 0 atom stereocenters. The van der Waals surface area contributed by atoms with Crippen molar-refractivity contribution < 1.29 is 18.3 Å². The van der Waals surface area contributed by atoms with Crippen LogP contribution in [0.3, 0.4) is 0 Å². The van der Waals surface area contributed by atoms with Gasteiger partial charge in [-0.3, -0.25) is 4.98 Å². The molecule has 1 heterocycles. The summed E-state index contributed by atoms with van der Waals surface area (Å²) in [4.78, 5) is 15.5. The average Bonchev–Trinajstić information content (AvgIpc) is 2.93. The molecule has 9 heteroatoms. The number of aromatic amines is 2. The molecule has 0 unspecified atom stereocenters. The third kappa shape index (κ3) is 4.13. The summed E-state index contributed by atoms with van der Waals surface area (Å²) < 4.78 is 32.8. The van der Waals surface area contributed by atoms with E-state index in [4.69, 9.17) is 4.74 Å². The fraction of sp³-hybridized carbons (Fsp3) is 0.118. The van der Waals surface area contributed by atoms with Crippen LogP contribution in [0.15, 0.2) is 58.2 Å². The molecular weight excluding hydrogens is 358 g/mol. The number of aromatic hydroxyl groups is 1. The van der Waals surface area contributed by atoms with Gasteiger partial charge in [0.2, 0.25) is 15.9 Å². The number of nitrogens with one attached hydrogen (secondary N) is 3. The Kier molecular flexibility index (Phi) is 4.83. The van der Waals surface area contributed by atoms with Gasteiger partial charge < -0.3 is 14.8 Å². The van der Waals surface area contributed by atoms with Crippen LogP contribution in [0.1, 0.15) is 11.3 Å². The highest BCUT2D eigenvalue weighted by Crippen LogP contribution is 2.24. The quantitative estimate of drug-likeness (QED) is 0.524. The molecule has 0 saturated heterocycles. The highest BCUT2D eigenvalue weighted by molar-refractivity contribution is 7.89. The molecule has 1 aromatic heterocycles. The topological polar surface area (TPSA) is 124 Å². The van der Waals surface area contributed by atoms with Gasteiger partial charge in [0.05, 0.1) is 17.1 Å². The second-order valence-corrected chi connectivity index (χ2v) is 7.39. The maximum atomic E-state index is 12.4. The number of aryl methyl sites for hydroxylation is 1. The molecular formula is C17H17N3O5S. The Morgan fingerprint density at radius 1 is 1.08 bits per heavy atom. The smallest absolute Gasteiger partial charge is 0.326 e. The van der Waals surface area contributed by atoms with Gasteiger partial charge in [0.1, 0.15) is 11.5 Å². The third-order valence-corrected chi connectivity index (χ3v) is 4.99. The number of ether oxygens (including phenoxy) is 1. The predicted octanol–water partition coefficient (Wildman–Crippen LogP) is 1.99. The summed E-state index contributed by atoms with van der Waals surface area (Å²) in [5.74, 6) is 0.553. The number of H-pyrrole nitrogens is 2. The Balaban J connectivity index is 1.76. The second-order valence-electron chi connectivity index (χ2n) is 5.62. The first-order chi connectivity index (χ1) is 12.3. The molecule has 4 N–H and O–H groups in total. The zero-order valence-electron chi connectivity index (χ0n) is 13.8. The van der Waals surface area contributed by atoms with E-state index < -0.39 is 21.6 Å². The highest BCUT2D eigenvalue weighted by Gasteiger charge is 2.16. The molecule has 0 bridgehead atoms. The van der Waals surface area contributed by atoms with Crippen molar-refractivity contribution in [2.45, 2.75) is 18.4 Å². The molecule has 0 spiro atoms. The van der Waals surface area contributed by atoms with E-state index in [0.717, 1.165) is 5.56 Å². The normalized spacial score (nSPS) is 11.4. The average molecular weight is 375 g/mol. The van der Waals surface area contributed by atoms with Crippen molar-refractivity contribution in [1.29, 1.82) is 0 Å². The van der Waals surface area contributed by atoms with Crippen LogP contribution in [0.25, 0.3) is 0 Å². The monoisotopic (exact) mass is 375 g/mol. The number of sulfonamides is 1. The number of rotatable bonds is 6. The van der Waals surface area contributed by atoms with Crippen LogP contribution in [0.2, 0.25) is 0 Å². The molecule has 136 valence electrons. The fourth-order valence-electron chi connectivity index (χ4n) is 2.24. The molecule has 8 nitrogen and oxygen atoms in total. The zero-order valence-corrected chi connectivity index (χ0v) is 14.6. The first-order valence-corrected chi connectivity index (χ1v) is 9.16. The SMILES string of the molecule is Cc1ccc(Oc2cccc(S(=O)(=O)NCc3[nH]c(=O)[nH]c3O)c2)cc1. The Labute approximate surface area is 149 Å². The van der Waals surface area contributed by atoms with Crippen molar-refractivity contribution in [1.82, 2.24) is 14.7 Å². The Hall–Kier alpha value is -3.04. The molecule has 0 aliphatic rings. The van der Waals surface area contributed by atoms with Gasteiger partial charge in [0, 0.05) is 6.07 Å². The van der Waals surface area contributed by atoms with E-state index in [1.807, 2.05) is 19.1 Å². The molecule has 0 fully saturated rings. The lowest BCUT2D eigenvalue weighted by molar-refractivity contribution is 0.447. The third-order valence-electron chi connectivity index (χ3n) is 3.59. The van der Waals surface area contributed by atoms with Crippen LogP contribution in [-0.4, -0.2) is 23.5 Å². The van der Waals surface area contributed by atoms with Gasteiger partial charge >= 0.3 is 5.69 Å². The molecule has 0 radical (unpaired) electrons. The largest absolute Gasteiger partial charge is 0.493 e. The first kappa shape index (κ1) is 17.8. The lowest BCUT2D eigenvalue weighted by Crippen LogP contribution is -2.23. The van der Waals surface area contributed by atoms with E-state index >= 15 is 0 Å². The summed E-state index contributed by atoms with van der Waals surface area (Å²) in [6.45, 7) is 1.69. The predicted molar refractivity (Wildman–Crippen MR) is 94.8 cm³/mol. The summed E-state index contributed by atoms with van der Waals surface area (Å²) in [7, 11) is -3.86. The lowest BCUT2D eigenvalue weighted by atomic mass is 10.2. The molecule has 0 saturated carbocycles.